The third kappa shape index (κ3) is 2.40. The number of carbonyl (C=O) groups is 1. The SMILES string of the molecule is CC(P)C(=O)Nc1ccc2ccccc2c1. The van der Waals surface area contributed by atoms with Crippen LogP contribution in [-0.4, -0.2) is 11.6 Å². The van der Waals surface area contributed by atoms with Crippen LogP contribution in [0.15, 0.2) is 42.5 Å². The molecule has 0 spiro atoms. The van der Waals surface area contributed by atoms with Crippen molar-refractivity contribution in [1.29, 1.82) is 0 Å². The van der Waals surface area contributed by atoms with E-state index in [4.69, 9.17) is 0 Å². The fourth-order valence-corrected chi connectivity index (χ4v) is 1.61. The van der Waals surface area contributed by atoms with Crippen molar-refractivity contribution >= 4 is 31.6 Å². The zero-order valence-electron chi connectivity index (χ0n) is 9.10. The number of anilines is 1. The fraction of sp³-hybridized carbons (Fsp3) is 0.154. The zero-order chi connectivity index (χ0) is 11.5. The Balaban J connectivity index is 2.29. The summed E-state index contributed by atoms with van der Waals surface area (Å²) in [5.41, 5.74) is 0.768. The molecule has 2 aromatic carbocycles. The number of hydrogen-bond acceptors (Lipinski definition) is 1. The molecule has 1 amide bonds. The van der Waals surface area contributed by atoms with Crippen LogP contribution in [0.25, 0.3) is 10.8 Å². The van der Waals surface area contributed by atoms with E-state index in [0.29, 0.717) is 0 Å². The first-order valence-electron chi connectivity index (χ1n) is 5.22. The summed E-state index contributed by atoms with van der Waals surface area (Å²) in [4.78, 5) is 11.5. The van der Waals surface area contributed by atoms with Crippen molar-refractivity contribution in [2.75, 3.05) is 5.32 Å². The van der Waals surface area contributed by atoms with Crippen molar-refractivity contribution in [2.24, 2.45) is 0 Å². The lowest BCUT2D eigenvalue weighted by atomic mass is 10.1. The second-order valence-electron chi connectivity index (χ2n) is 3.84. The number of rotatable bonds is 2. The molecule has 2 nitrogen and oxygen atoms in total. The Morgan fingerprint density at radius 2 is 1.88 bits per heavy atom. The van der Waals surface area contributed by atoms with Crippen molar-refractivity contribution in [3.05, 3.63) is 42.5 Å². The summed E-state index contributed by atoms with van der Waals surface area (Å²) in [6.07, 6.45) is 0. The van der Waals surface area contributed by atoms with E-state index in [1.165, 1.54) is 5.39 Å². The van der Waals surface area contributed by atoms with Crippen molar-refractivity contribution < 1.29 is 4.79 Å². The Bertz CT molecular complexity index is 522. The Hall–Kier alpha value is -1.40. The monoisotopic (exact) mass is 231 g/mol. The topological polar surface area (TPSA) is 29.1 Å². The second kappa shape index (κ2) is 4.63. The maximum Gasteiger partial charge on any atom is 0.230 e. The molecule has 0 aliphatic rings. The number of amides is 1. The lowest BCUT2D eigenvalue weighted by molar-refractivity contribution is -0.115. The molecule has 2 unspecified atom stereocenters. The molecular formula is C13H14NOP. The van der Waals surface area contributed by atoms with E-state index in [9.17, 15) is 4.79 Å². The Labute approximate surface area is 97.2 Å². The molecule has 82 valence electrons. The zero-order valence-corrected chi connectivity index (χ0v) is 10.3. The van der Waals surface area contributed by atoms with Crippen molar-refractivity contribution in [3.8, 4) is 0 Å². The van der Waals surface area contributed by atoms with E-state index in [-0.39, 0.29) is 11.6 Å². The van der Waals surface area contributed by atoms with Gasteiger partial charge in [-0.15, -0.1) is 9.24 Å². The summed E-state index contributed by atoms with van der Waals surface area (Å²) in [6, 6.07) is 14.0. The molecule has 0 heterocycles. The van der Waals surface area contributed by atoms with Crippen molar-refractivity contribution in [2.45, 2.75) is 12.6 Å². The highest BCUT2D eigenvalue weighted by Crippen LogP contribution is 2.19. The number of nitrogens with one attached hydrogen (secondary N) is 1. The molecule has 0 saturated heterocycles. The minimum absolute atomic E-state index is 0.0141. The van der Waals surface area contributed by atoms with Crippen LogP contribution in [0, 0.1) is 0 Å². The van der Waals surface area contributed by atoms with E-state index in [0.717, 1.165) is 11.1 Å². The molecule has 0 radical (unpaired) electrons. The largest absolute Gasteiger partial charge is 0.326 e. The molecule has 16 heavy (non-hydrogen) atoms. The molecule has 0 bridgehead atoms. The summed E-state index contributed by atoms with van der Waals surface area (Å²) < 4.78 is 0. The highest BCUT2D eigenvalue weighted by Gasteiger charge is 2.06. The van der Waals surface area contributed by atoms with Gasteiger partial charge in [-0.25, -0.2) is 0 Å². The molecule has 0 fully saturated rings. The van der Waals surface area contributed by atoms with E-state index < -0.39 is 0 Å². The number of fused-ring (bicyclic) bond motifs is 1. The van der Waals surface area contributed by atoms with Crippen molar-refractivity contribution in [1.82, 2.24) is 0 Å². The van der Waals surface area contributed by atoms with Crippen LogP contribution < -0.4 is 5.32 Å². The quantitative estimate of drug-likeness (QED) is 0.791. The predicted molar refractivity (Wildman–Crippen MR) is 71.7 cm³/mol. The Kier molecular flexibility index (Phi) is 3.21. The molecule has 0 saturated carbocycles. The van der Waals surface area contributed by atoms with E-state index in [1.807, 2.05) is 43.3 Å². The van der Waals surface area contributed by atoms with Crippen molar-refractivity contribution in [3.63, 3.8) is 0 Å². The number of hydrogen-bond donors (Lipinski definition) is 1. The van der Waals surface area contributed by atoms with Gasteiger partial charge in [-0.2, -0.15) is 0 Å². The summed E-state index contributed by atoms with van der Waals surface area (Å²) in [6.45, 7) is 1.85. The summed E-state index contributed by atoms with van der Waals surface area (Å²) in [7, 11) is 2.49. The van der Waals surface area contributed by atoms with E-state index >= 15 is 0 Å². The Morgan fingerprint density at radius 3 is 2.56 bits per heavy atom. The van der Waals surface area contributed by atoms with E-state index in [2.05, 4.69) is 20.6 Å². The van der Waals surface area contributed by atoms with Gasteiger partial charge in [0.25, 0.3) is 0 Å². The predicted octanol–water partition coefficient (Wildman–Crippen LogP) is 3.04. The lowest BCUT2D eigenvalue weighted by Gasteiger charge is -2.08. The van der Waals surface area contributed by atoms with Gasteiger partial charge in [0.2, 0.25) is 5.91 Å². The molecule has 3 heteroatoms. The van der Waals surface area contributed by atoms with Gasteiger partial charge in [-0.05, 0) is 22.9 Å². The van der Waals surface area contributed by atoms with Gasteiger partial charge >= 0.3 is 0 Å². The maximum absolute atomic E-state index is 11.5. The molecular weight excluding hydrogens is 217 g/mol. The van der Waals surface area contributed by atoms with Gasteiger partial charge in [-0.3, -0.25) is 4.79 Å². The first-order valence-corrected chi connectivity index (χ1v) is 5.89. The van der Waals surface area contributed by atoms with Gasteiger partial charge in [0.1, 0.15) is 0 Å². The molecule has 2 rings (SSSR count). The lowest BCUT2D eigenvalue weighted by Crippen LogP contribution is -2.19. The first-order chi connectivity index (χ1) is 7.66. The first kappa shape index (κ1) is 11.1. The number of benzene rings is 2. The second-order valence-corrected chi connectivity index (χ2v) is 4.84. The number of carbonyl (C=O) groups excluding carboxylic acids is 1. The molecule has 2 aromatic rings. The van der Waals surface area contributed by atoms with Gasteiger partial charge in [-0.1, -0.05) is 37.3 Å². The molecule has 0 aliphatic heterocycles. The Morgan fingerprint density at radius 1 is 1.19 bits per heavy atom. The van der Waals surface area contributed by atoms with Gasteiger partial charge in [0.15, 0.2) is 0 Å². The van der Waals surface area contributed by atoms with E-state index in [1.54, 1.807) is 0 Å². The highest BCUT2D eigenvalue weighted by molar-refractivity contribution is 7.19. The van der Waals surface area contributed by atoms with Crippen LogP contribution >= 0.6 is 9.24 Å². The smallest absolute Gasteiger partial charge is 0.230 e. The molecule has 1 N–H and O–H groups in total. The third-order valence-corrected chi connectivity index (χ3v) is 2.73. The minimum Gasteiger partial charge on any atom is -0.326 e. The summed E-state index contributed by atoms with van der Waals surface area (Å²) in [5, 5.41) is 5.19. The summed E-state index contributed by atoms with van der Waals surface area (Å²) in [5.74, 6) is 0.0141. The van der Waals surface area contributed by atoms with Crippen LogP contribution in [0.2, 0.25) is 0 Å². The molecule has 0 aromatic heterocycles. The minimum atomic E-state index is -0.0773. The molecule has 0 aliphatic carbocycles. The van der Waals surface area contributed by atoms with Crippen LogP contribution in [0.4, 0.5) is 5.69 Å². The maximum atomic E-state index is 11.5. The third-order valence-electron chi connectivity index (χ3n) is 2.43. The standard InChI is InChI=1S/C13H14NOP/c1-9(16)13(15)14-12-7-6-10-4-2-3-5-11(10)8-12/h2-9H,16H2,1H3,(H,14,15). The van der Waals surface area contributed by atoms with Crippen LogP contribution in [0.1, 0.15) is 6.92 Å². The fourth-order valence-electron chi connectivity index (χ4n) is 1.52. The van der Waals surface area contributed by atoms with Crippen LogP contribution in [0.5, 0.6) is 0 Å². The summed E-state index contributed by atoms with van der Waals surface area (Å²) >= 11 is 0. The van der Waals surface area contributed by atoms with Crippen LogP contribution in [0.3, 0.4) is 0 Å². The molecule has 2 atom stereocenters. The van der Waals surface area contributed by atoms with Gasteiger partial charge in [0, 0.05) is 11.3 Å². The van der Waals surface area contributed by atoms with Gasteiger partial charge < -0.3 is 5.32 Å². The highest BCUT2D eigenvalue weighted by atomic mass is 31.0. The van der Waals surface area contributed by atoms with Gasteiger partial charge in [0.05, 0.1) is 0 Å². The average Bonchev–Trinajstić information content (AvgIpc) is 2.28. The van der Waals surface area contributed by atoms with Crippen LogP contribution in [-0.2, 0) is 4.79 Å². The normalized spacial score (nSPS) is 12.4. The average molecular weight is 231 g/mol.